The van der Waals surface area contributed by atoms with Crippen LogP contribution in [0, 0.1) is 5.92 Å². The number of hydrogen-bond donors (Lipinski definition) is 0. The molecule has 0 atom stereocenters. The van der Waals surface area contributed by atoms with Crippen LogP contribution in [0.1, 0.15) is 45.1 Å². The normalized spacial score (nSPS) is 14.0. The number of imide groups is 1. The second kappa shape index (κ2) is 4.70. The third-order valence-corrected chi connectivity index (χ3v) is 3.49. The standard InChI is InChI=1S/C16H14N2O3/c1-10(2)14(19)13-8-5-9-17(13)18-15(20)11-6-3-4-7-12(11)16(18)21/h3-10H,1-2H3. The fourth-order valence-corrected chi connectivity index (χ4v) is 2.41. The number of aromatic nitrogens is 1. The SMILES string of the molecule is CC(C)C(=O)c1cccn1N1C(=O)c2ccccc2C1=O. The Morgan fingerprint density at radius 1 is 0.952 bits per heavy atom. The first-order valence-electron chi connectivity index (χ1n) is 6.72. The van der Waals surface area contributed by atoms with E-state index in [1.54, 1.807) is 56.4 Å². The first-order chi connectivity index (χ1) is 10.0. The van der Waals surface area contributed by atoms with Crippen molar-refractivity contribution in [2.45, 2.75) is 13.8 Å². The summed E-state index contributed by atoms with van der Waals surface area (Å²) in [4.78, 5) is 37.0. The molecule has 0 spiro atoms. The Morgan fingerprint density at radius 2 is 1.52 bits per heavy atom. The van der Waals surface area contributed by atoms with Crippen LogP contribution < -0.4 is 5.01 Å². The zero-order valence-electron chi connectivity index (χ0n) is 11.7. The van der Waals surface area contributed by atoms with Crippen LogP contribution in [0.25, 0.3) is 0 Å². The zero-order chi connectivity index (χ0) is 15.1. The minimum absolute atomic E-state index is 0.114. The van der Waals surface area contributed by atoms with Gasteiger partial charge < -0.3 is 0 Å². The minimum atomic E-state index is -0.412. The summed E-state index contributed by atoms with van der Waals surface area (Å²) >= 11 is 0. The van der Waals surface area contributed by atoms with E-state index < -0.39 is 11.8 Å². The Labute approximate surface area is 121 Å². The third-order valence-electron chi connectivity index (χ3n) is 3.49. The van der Waals surface area contributed by atoms with Gasteiger partial charge in [-0.3, -0.25) is 14.4 Å². The Balaban J connectivity index is 2.09. The molecule has 0 aliphatic carbocycles. The van der Waals surface area contributed by atoms with Gasteiger partial charge in [0.1, 0.15) is 5.69 Å². The maximum absolute atomic E-state index is 12.4. The summed E-state index contributed by atoms with van der Waals surface area (Å²) in [5.41, 5.74) is 1.05. The largest absolute Gasteiger partial charge is 0.292 e. The molecule has 1 aliphatic rings. The van der Waals surface area contributed by atoms with Gasteiger partial charge in [0.05, 0.1) is 11.1 Å². The van der Waals surface area contributed by atoms with Crippen LogP contribution in [-0.2, 0) is 0 Å². The van der Waals surface area contributed by atoms with Gasteiger partial charge in [-0.1, -0.05) is 26.0 Å². The molecule has 3 rings (SSSR count). The summed E-state index contributed by atoms with van der Waals surface area (Å²) in [5.74, 6) is -1.15. The highest BCUT2D eigenvalue weighted by atomic mass is 16.2. The number of rotatable bonds is 3. The molecular formula is C16H14N2O3. The smallest absolute Gasteiger partial charge is 0.281 e. The van der Waals surface area contributed by atoms with Crippen LogP contribution in [0.15, 0.2) is 42.6 Å². The number of hydrogen-bond acceptors (Lipinski definition) is 3. The molecule has 0 fully saturated rings. The summed E-state index contributed by atoms with van der Waals surface area (Å²) in [6.45, 7) is 3.56. The third kappa shape index (κ3) is 1.89. The van der Waals surface area contributed by atoms with E-state index in [4.69, 9.17) is 0 Å². The van der Waals surface area contributed by atoms with Gasteiger partial charge in [-0.05, 0) is 24.3 Å². The summed E-state index contributed by atoms with van der Waals surface area (Å²) < 4.78 is 1.34. The van der Waals surface area contributed by atoms with Gasteiger partial charge >= 0.3 is 0 Å². The average molecular weight is 282 g/mol. The molecule has 21 heavy (non-hydrogen) atoms. The lowest BCUT2D eigenvalue weighted by atomic mass is 10.1. The van der Waals surface area contributed by atoms with Crippen molar-refractivity contribution >= 4 is 17.6 Å². The molecular weight excluding hydrogens is 268 g/mol. The van der Waals surface area contributed by atoms with Crippen LogP contribution in [0.5, 0.6) is 0 Å². The van der Waals surface area contributed by atoms with Crippen molar-refractivity contribution in [3.63, 3.8) is 0 Å². The predicted octanol–water partition coefficient (Wildman–Crippen LogP) is 2.26. The number of Topliss-reactive ketones (excluding diaryl/α,β-unsaturated/α-hetero) is 1. The molecule has 0 bridgehead atoms. The predicted molar refractivity (Wildman–Crippen MR) is 76.9 cm³/mol. The van der Waals surface area contributed by atoms with Gasteiger partial charge in [0.25, 0.3) is 11.8 Å². The molecule has 2 heterocycles. The Morgan fingerprint density at radius 3 is 2.05 bits per heavy atom. The van der Waals surface area contributed by atoms with Gasteiger partial charge in [-0.2, -0.15) is 5.01 Å². The summed E-state index contributed by atoms with van der Waals surface area (Å²) in [6.07, 6.45) is 1.55. The number of ketones is 1. The van der Waals surface area contributed by atoms with Crippen molar-refractivity contribution in [3.05, 3.63) is 59.4 Å². The quantitative estimate of drug-likeness (QED) is 0.641. The molecule has 1 aliphatic heterocycles. The molecule has 1 aromatic heterocycles. The summed E-state index contributed by atoms with van der Waals surface area (Å²) in [5, 5.41) is 1.01. The average Bonchev–Trinajstić information content (AvgIpc) is 3.03. The van der Waals surface area contributed by atoms with Crippen LogP contribution in [0.2, 0.25) is 0 Å². The van der Waals surface area contributed by atoms with E-state index in [-0.39, 0.29) is 11.7 Å². The van der Waals surface area contributed by atoms with Crippen molar-refractivity contribution in [3.8, 4) is 0 Å². The summed E-state index contributed by atoms with van der Waals surface area (Å²) in [7, 11) is 0. The first-order valence-corrected chi connectivity index (χ1v) is 6.72. The van der Waals surface area contributed by atoms with E-state index in [9.17, 15) is 14.4 Å². The molecule has 5 heteroatoms. The molecule has 106 valence electrons. The molecule has 0 unspecified atom stereocenters. The van der Waals surface area contributed by atoms with Gasteiger partial charge in [0.2, 0.25) is 0 Å². The second-order valence-corrected chi connectivity index (χ2v) is 5.22. The lowest BCUT2D eigenvalue weighted by Crippen LogP contribution is -2.41. The van der Waals surface area contributed by atoms with Gasteiger partial charge in [-0.15, -0.1) is 0 Å². The Bertz CT molecular complexity index is 723. The topological polar surface area (TPSA) is 59.4 Å². The molecule has 5 nitrogen and oxygen atoms in total. The second-order valence-electron chi connectivity index (χ2n) is 5.22. The zero-order valence-corrected chi connectivity index (χ0v) is 11.7. The lowest BCUT2D eigenvalue weighted by molar-refractivity contribution is 0.0878. The molecule has 0 N–H and O–H groups in total. The molecule has 0 saturated heterocycles. The van der Waals surface area contributed by atoms with Crippen LogP contribution in [0.4, 0.5) is 0 Å². The van der Waals surface area contributed by atoms with Crippen molar-refractivity contribution in [1.29, 1.82) is 0 Å². The van der Waals surface area contributed by atoms with Crippen LogP contribution in [-0.4, -0.2) is 22.3 Å². The number of amides is 2. The van der Waals surface area contributed by atoms with Crippen molar-refractivity contribution in [2.24, 2.45) is 5.92 Å². The van der Waals surface area contributed by atoms with Crippen molar-refractivity contribution < 1.29 is 14.4 Å². The van der Waals surface area contributed by atoms with E-state index in [1.807, 2.05) is 0 Å². The van der Waals surface area contributed by atoms with E-state index in [0.717, 1.165) is 5.01 Å². The van der Waals surface area contributed by atoms with E-state index >= 15 is 0 Å². The van der Waals surface area contributed by atoms with E-state index in [1.165, 1.54) is 4.68 Å². The lowest BCUT2D eigenvalue weighted by Gasteiger charge is -2.18. The molecule has 2 amide bonds. The van der Waals surface area contributed by atoms with Crippen LogP contribution in [0.3, 0.4) is 0 Å². The van der Waals surface area contributed by atoms with Gasteiger partial charge in [0, 0.05) is 12.1 Å². The van der Waals surface area contributed by atoms with E-state index in [0.29, 0.717) is 16.8 Å². The number of nitrogens with zero attached hydrogens (tertiary/aromatic N) is 2. The monoisotopic (exact) mass is 282 g/mol. The number of benzene rings is 1. The molecule has 1 aromatic carbocycles. The number of fused-ring (bicyclic) bond motifs is 1. The van der Waals surface area contributed by atoms with Gasteiger partial charge in [0.15, 0.2) is 5.78 Å². The highest BCUT2D eigenvalue weighted by molar-refractivity contribution is 6.30. The maximum atomic E-state index is 12.4. The maximum Gasteiger partial charge on any atom is 0.281 e. The van der Waals surface area contributed by atoms with Gasteiger partial charge in [-0.25, -0.2) is 4.68 Å². The number of carbonyl (C=O) groups is 3. The molecule has 2 aromatic rings. The summed E-state index contributed by atoms with van der Waals surface area (Å²) in [6, 6.07) is 9.92. The minimum Gasteiger partial charge on any atom is -0.292 e. The number of carbonyl (C=O) groups excluding carboxylic acids is 3. The molecule has 0 radical (unpaired) electrons. The Hall–Kier alpha value is -2.69. The molecule has 0 saturated carbocycles. The van der Waals surface area contributed by atoms with Crippen molar-refractivity contribution in [1.82, 2.24) is 4.68 Å². The van der Waals surface area contributed by atoms with Crippen LogP contribution >= 0.6 is 0 Å². The first kappa shape index (κ1) is 13.3. The van der Waals surface area contributed by atoms with E-state index in [2.05, 4.69) is 0 Å². The van der Waals surface area contributed by atoms with Crippen molar-refractivity contribution in [2.75, 3.05) is 5.01 Å². The fourth-order valence-electron chi connectivity index (χ4n) is 2.41. The fraction of sp³-hybridized carbons (Fsp3) is 0.188. The highest BCUT2D eigenvalue weighted by Gasteiger charge is 2.37. The Kier molecular flexibility index (Phi) is 2.97. The highest BCUT2D eigenvalue weighted by Crippen LogP contribution is 2.23.